The first-order chi connectivity index (χ1) is 9.02. The number of rotatable bonds is 5. The van der Waals surface area contributed by atoms with Crippen LogP contribution in [-0.4, -0.2) is 22.0 Å². The highest BCUT2D eigenvalue weighted by atomic mass is 16.1. The van der Waals surface area contributed by atoms with Gasteiger partial charge in [0.05, 0.1) is 5.52 Å². The summed E-state index contributed by atoms with van der Waals surface area (Å²) in [6.45, 7) is 2.01. The van der Waals surface area contributed by atoms with E-state index in [1.54, 1.807) is 0 Å². The number of fused-ring (bicyclic) bond motifs is 1. The van der Waals surface area contributed by atoms with Crippen LogP contribution in [0.2, 0.25) is 0 Å². The van der Waals surface area contributed by atoms with Crippen molar-refractivity contribution >= 4 is 22.7 Å². The van der Waals surface area contributed by atoms with Gasteiger partial charge < -0.3 is 11.5 Å². The zero-order valence-electron chi connectivity index (χ0n) is 10.7. The molecular formula is C13H16N4O2. The smallest absolute Gasteiger partial charge is 0.267 e. The molecule has 1 aromatic heterocycles. The topological polar surface area (TPSA) is 115 Å². The maximum absolute atomic E-state index is 11.3. The second-order valence-corrected chi connectivity index (χ2v) is 4.43. The lowest BCUT2D eigenvalue weighted by atomic mass is 10.00. The van der Waals surface area contributed by atoms with E-state index in [0.29, 0.717) is 17.5 Å². The third-order valence-corrected chi connectivity index (χ3v) is 3.08. The Hall–Kier alpha value is -2.37. The Morgan fingerprint density at radius 2 is 2.05 bits per heavy atom. The number of H-pyrrole nitrogens is 1. The van der Waals surface area contributed by atoms with Crippen LogP contribution in [0.4, 0.5) is 0 Å². The average Bonchev–Trinajstić information content (AvgIpc) is 2.79. The standard InChI is InChI=1S/C13H16N4O2/c1-2-8-5-7(3-4-10(14)18)6-9-11(8)16-17-12(9)13(15)19/h5-6H,2-4H2,1H3,(H2,14,18)(H2,15,19)(H,16,17). The van der Waals surface area contributed by atoms with Gasteiger partial charge in [0.1, 0.15) is 5.69 Å². The molecule has 0 saturated heterocycles. The number of hydrogen-bond acceptors (Lipinski definition) is 3. The highest BCUT2D eigenvalue weighted by Gasteiger charge is 2.14. The molecule has 0 fully saturated rings. The fourth-order valence-electron chi connectivity index (χ4n) is 2.12. The highest BCUT2D eigenvalue weighted by Crippen LogP contribution is 2.23. The predicted octanol–water partition coefficient (Wildman–Crippen LogP) is 0.642. The number of carbonyl (C=O) groups is 2. The summed E-state index contributed by atoms with van der Waals surface area (Å²) in [5.41, 5.74) is 13.5. The second-order valence-electron chi connectivity index (χ2n) is 4.43. The minimum absolute atomic E-state index is 0.276. The molecule has 2 amide bonds. The third kappa shape index (κ3) is 2.57. The fraction of sp³-hybridized carbons (Fsp3) is 0.308. The van der Waals surface area contributed by atoms with Crippen molar-refractivity contribution in [2.45, 2.75) is 26.2 Å². The van der Waals surface area contributed by atoms with Crippen molar-refractivity contribution in [2.75, 3.05) is 0 Å². The summed E-state index contributed by atoms with van der Waals surface area (Å²) in [4.78, 5) is 22.2. The molecular weight excluding hydrogens is 244 g/mol. The van der Waals surface area contributed by atoms with Crippen molar-refractivity contribution < 1.29 is 9.59 Å². The number of hydrogen-bond donors (Lipinski definition) is 3. The zero-order chi connectivity index (χ0) is 14.0. The van der Waals surface area contributed by atoms with Gasteiger partial charge in [0.15, 0.2) is 0 Å². The van der Waals surface area contributed by atoms with Gasteiger partial charge in [-0.3, -0.25) is 14.7 Å². The Kier molecular flexibility index (Phi) is 3.50. The van der Waals surface area contributed by atoms with Crippen LogP contribution in [0.3, 0.4) is 0 Å². The lowest BCUT2D eigenvalue weighted by Crippen LogP contribution is -2.12. The molecule has 5 N–H and O–H groups in total. The normalized spacial score (nSPS) is 10.8. The van der Waals surface area contributed by atoms with E-state index < -0.39 is 5.91 Å². The minimum atomic E-state index is -0.545. The van der Waals surface area contributed by atoms with Gasteiger partial charge in [-0.05, 0) is 30.0 Å². The molecule has 0 atom stereocenters. The summed E-state index contributed by atoms with van der Waals surface area (Å²) < 4.78 is 0. The van der Waals surface area contributed by atoms with Crippen LogP contribution in [0.5, 0.6) is 0 Å². The van der Waals surface area contributed by atoms with Gasteiger partial charge in [0, 0.05) is 11.8 Å². The number of nitrogens with zero attached hydrogens (tertiary/aromatic N) is 1. The van der Waals surface area contributed by atoms with Gasteiger partial charge in [-0.2, -0.15) is 5.10 Å². The fourth-order valence-corrected chi connectivity index (χ4v) is 2.12. The van der Waals surface area contributed by atoms with Crippen molar-refractivity contribution in [3.63, 3.8) is 0 Å². The maximum atomic E-state index is 11.3. The quantitative estimate of drug-likeness (QED) is 0.732. The molecule has 0 aliphatic carbocycles. The Bertz CT molecular complexity index is 645. The van der Waals surface area contributed by atoms with Gasteiger partial charge in [-0.1, -0.05) is 13.0 Å². The zero-order valence-corrected chi connectivity index (χ0v) is 10.7. The molecule has 0 radical (unpaired) electrons. The monoisotopic (exact) mass is 260 g/mol. The van der Waals surface area contributed by atoms with Gasteiger partial charge in [0.25, 0.3) is 5.91 Å². The average molecular weight is 260 g/mol. The number of amides is 2. The maximum Gasteiger partial charge on any atom is 0.267 e. The van der Waals surface area contributed by atoms with Crippen LogP contribution in [0.1, 0.15) is 35.0 Å². The first kappa shape index (κ1) is 13.1. The molecule has 1 aromatic carbocycles. The molecule has 1 heterocycles. The number of benzene rings is 1. The summed E-state index contributed by atoms with van der Waals surface area (Å²) in [7, 11) is 0. The molecule has 2 rings (SSSR count). The Morgan fingerprint density at radius 1 is 1.32 bits per heavy atom. The lowest BCUT2D eigenvalue weighted by Gasteiger charge is -2.05. The van der Waals surface area contributed by atoms with Crippen LogP contribution in [0.25, 0.3) is 10.9 Å². The summed E-state index contributed by atoms with van der Waals surface area (Å²) in [5.74, 6) is -0.892. The Labute approximate surface area is 110 Å². The number of nitrogens with two attached hydrogens (primary N) is 2. The van der Waals surface area contributed by atoms with Crippen LogP contribution < -0.4 is 11.5 Å². The third-order valence-electron chi connectivity index (χ3n) is 3.08. The largest absolute Gasteiger partial charge is 0.370 e. The number of aryl methyl sites for hydroxylation is 2. The predicted molar refractivity (Wildman–Crippen MR) is 71.5 cm³/mol. The molecule has 0 unspecified atom stereocenters. The second kappa shape index (κ2) is 5.09. The van der Waals surface area contributed by atoms with Crippen molar-refractivity contribution in [3.8, 4) is 0 Å². The van der Waals surface area contributed by atoms with Crippen molar-refractivity contribution in [3.05, 3.63) is 29.0 Å². The molecule has 0 aliphatic rings. The summed E-state index contributed by atoms with van der Waals surface area (Å²) in [5, 5.41) is 7.49. The SMILES string of the molecule is CCc1cc(CCC(N)=O)cc2c(C(N)=O)[nH]nc12. The molecule has 19 heavy (non-hydrogen) atoms. The summed E-state index contributed by atoms with van der Waals surface area (Å²) in [6, 6.07) is 3.82. The van der Waals surface area contributed by atoms with E-state index in [1.165, 1.54) is 0 Å². The molecule has 0 spiro atoms. The highest BCUT2D eigenvalue weighted by molar-refractivity contribution is 6.04. The molecule has 0 bridgehead atoms. The Balaban J connectivity index is 2.52. The first-order valence-corrected chi connectivity index (χ1v) is 6.11. The molecule has 2 aromatic rings. The molecule has 100 valence electrons. The van der Waals surface area contributed by atoms with Gasteiger partial charge >= 0.3 is 0 Å². The van der Waals surface area contributed by atoms with E-state index in [4.69, 9.17) is 11.5 Å². The van der Waals surface area contributed by atoms with E-state index in [1.807, 2.05) is 19.1 Å². The number of carbonyl (C=O) groups excluding carboxylic acids is 2. The first-order valence-electron chi connectivity index (χ1n) is 6.11. The van der Waals surface area contributed by atoms with E-state index in [-0.39, 0.29) is 12.3 Å². The van der Waals surface area contributed by atoms with E-state index in [0.717, 1.165) is 23.1 Å². The number of aromatic nitrogens is 2. The van der Waals surface area contributed by atoms with Crippen molar-refractivity contribution in [2.24, 2.45) is 11.5 Å². The van der Waals surface area contributed by atoms with Crippen LogP contribution in [0.15, 0.2) is 12.1 Å². The summed E-state index contributed by atoms with van der Waals surface area (Å²) >= 11 is 0. The number of nitrogens with one attached hydrogen (secondary N) is 1. The lowest BCUT2D eigenvalue weighted by molar-refractivity contribution is -0.117. The molecule has 0 aliphatic heterocycles. The van der Waals surface area contributed by atoms with Gasteiger partial charge in [-0.25, -0.2) is 0 Å². The van der Waals surface area contributed by atoms with E-state index in [2.05, 4.69) is 10.2 Å². The Morgan fingerprint density at radius 3 is 2.63 bits per heavy atom. The van der Waals surface area contributed by atoms with Gasteiger partial charge in [-0.15, -0.1) is 0 Å². The van der Waals surface area contributed by atoms with Crippen LogP contribution in [-0.2, 0) is 17.6 Å². The van der Waals surface area contributed by atoms with E-state index >= 15 is 0 Å². The van der Waals surface area contributed by atoms with E-state index in [9.17, 15) is 9.59 Å². The summed E-state index contributed by atoms with van der Waals surface area (Å²) in [6.07, 6.45) is 1.60. The van der Waals surface area contributed by atoms with Crippen molar-refractivity contribution in [1.82, 2.24) is 10.2 Å². The number of aromatic amines is 1. The van der Waals surface area contributed by atoms with Gasteiger partial charge in [0.2, 0.25) is 5.91 Å². The van der Waals surface area contributed by atoms with Crippen LogP contribution >= 0.6 is 0 Å². The minimum Gasteiger partial charge on any atom is -0.370 e. The molecule has 6 heteroatoms. The number of primary amides is 2. The molecule has 6 nitrogen and oxygen atoms in total. The molecule has 0 saturated carbocycles. The van der Waals surface area contributed by atoms with Crippen LogP contribution in [0, 0.1) is 0 Å². The van der Waals surface area contributed by atoms with Crippen molar-refractivity contribution in [1.29, 1.82) is 0 Å².